The quantitative estimate of drug-likeness (QED) is 0.908. The molecule has 1 aromatic heterocycles. The number of hydrogen-bond donors (Lipinski definition) is 1. The second-order valence-electron chi connectivity index (χ2n) is 5.86. The topological polar surface area (TPSA) is 50.3 Å². The number of fused-ring (bicyclic) bond motifs is 1. The van der Waals surface area contributed by atoms with E-state index in [1.165, 1.54) is 12.8 Å². The first-order chi connectivity index (χ1) is 9.76. The van der Waals surface area contributed by atoms with E-state index in [4.69, 9.17) is 4.74 Å². The van der Waals surface area contributed by atoms with Gasteiger partial charge in [-0.05, 0) is 38.6 Å². The van der Waals surface area contributed by atoms with E-state index in [1.807, 2.05) is 13.0 Å². The highest BCUT2D eigenvalue weighted by Crippen LogP contribution is 2.28. The summed E-state index contributed by atoms with van der Waals surface area (Å²) < 4.78 is 5.66. The van der Waals surface area contributed by atoms with Crippen molar-refractivity contribution in [1.82, 2.24) is 15.3 Å². The molecule has 20 heavy (non-hydrogen) atoms. The van der Waals surface area contributed by atoms with Gasteiger partial charge in [0.05, 0.1) is 6.61 Å². The van der Waals surface area contributed by atoms with Gasteiger partial charge in [-0.1, -0.05) is 6.92 Å². The van der Waals surface area contributed by atoms with E-state index in [0.29, 0.717) is 18.5 Å². The molecule has 0 saturated carbocycles. The van der Waals surface area contributed by atoms with Crippen molar-refractivity contribution in [2.24, 2.45) is 5.92 Å². The van der Waals surface area contributed by atoms with Gasteiger partial charge in [-0.3, -0.25) is 0 Å². The largest absolute Gasteiger partial charge is 0.478 e. The average molecular weight is 276 g/mol. The van der Waals surface area contributed by atoms with Gasteiger partial charge in [0, 0.05) is 30.9 Å². The lowest BCUT2D eigenvalue weighted by Crippen LogP contribution is -2.40. The van der Waals surface area contributed by atoms with Crippen LogP contribution in [0.3, 0.4) is 0 Å². The number of nitrogens with one attached hydrogen (secondary N) is 1. The highest BCUT2D eigenvalue weighted by molar-refractivity contribution is 5.37. The molecule has 5 nitrogen and oxygen atoms in total. The molecule has 2 aliphatic rings. The SMILES string of the molecule is CCCOc1cc(C)nc(N2C[C@@H]3CCCN[C@@H]3C2)n1. The number of nitrogens with zero attached hydrogens (tertiary/aromatic N) is 3. The molecule has 2 aliphatic heterocycles. The number of ether oxygens (including phenoxy) is 1. The maximum atomic E-state index is 5.66. The van der Waals surface area contributed by atoms with E-state index in [0.717, 1.165) is 43.6 Å². The lowest BCUT2D eigenvalue weighted by molar-refractivity contribution is 0.304. The summed E-state index contributed by atoms with van der Waals surface area (Å²) in [6, 6.07) is 2.52. The van der Waals surface area contributed by atoms with Crippen LogP contribution in [0.4, 0.5) is 5.95 Å². The van der Waals surface area contributed by atoms with Gasteiger partial charge < -0.3 is 15.0 Å². The van der Waals surface area contributed by atoms with Crippen molar-refractivity contribution in [1.29, 1.82) is 0 Å². The summed E-state index contributed by atoms with van der Waals surface area (Å²) in [4.78, 5) is 11.5. The van der Waals surface area contributed by atoms with Crippen LogP contribution in [0.5, 0.6) is 5.88 Å². The van der Waals surface area contributed by atoms with Gasteiger partial charge in [-0.2, -0.15) is 4.98 Å². The van der Waals surface area contributed by atoms with E-state index < -0.39 is 0 Å². The van der Waals surface area contributed by atoms with Crippen molar-refractivity contribution >= 4 is 5.95 Å². The van der Waals surface area contributed by atoms with Crippen molar-refractivity contribution in [2.75, 3.05) is 31.1 Å². The number of anilines is 1. The second kappa shape index (κ2) is 5.95. The molecular weight excluding hydrogens is 252 g/mol. The number of aromatic nitrogens is 2. The predicted octanol–water partition coefficient (Wildman–Crippen LogP) is 1.76. The summed E-state index contributed by atoms with van der Waals surface area (Å²) in [5.41, 5.74) is 0.976. The molecule has 2 atom stereocenters. The first-order valence-corrected chi connectivity index (χ1v) is 7.73. The van der Waals surface area contributed by atoms with Gasteiger partial charge in [0.1, 0.15) is 0 Å². The van der Waals surface area contributed by atoms with Crippen molar-refractivity contribution in [3.05, 3.63) is 11.8 Å². The van der Waals surface area contributed by atoms with Gasteiger partial charge in [0.15, 0.2) is 0 Å². The average Bonchev–Trinajstić information content (AvgIpc) is 2.88. The lowest BCUT2D eigenvalue weighted by atomic mass is 9.94. The second-order valence-corrected chi connectivity index (χ2v) is 5.86. The molecular formula is C15H24N4O. The molecule has 0 amide bonds. The highest BCUT2D eigenvalue weighted by atomic mass is 16.5. The minimum atomic E-state index is 0.605. The maximum absolute atomic E-state index is 5.66. The Morgan fingerprint density at radius 1 is 1.40 bits per heavy atom. The maximum Gasteiger partial charge on any atom is 0.228 e. The van der Waals surface area contributed by atoms with E-state index in [1.54, 1.807) is 0 Å². The molecule has 0 aromatic carbocycles. The highest BCUT2D eigenvalue weighted by Gasteiger charge is 2.35. The predicted molar refractivity (Wildman–Crippen MR) is 79.3 cm³/mol. The summed E-state index contributed by atoms with van der Waals surface area (Å²) in [6.45, 7) is 8.05. The summed E-state index contributed by atoms with van der Waals surface area (Å²) in [5, 5.41) is 3.62. The van der Waals surface area contributed by atoms with Crippen molar-refractivity contribution in [3.8, 4) is 5.88 Å². The third kappa shape index (κ3) is 2.87. The number of aryl methyl sites for hydroxylation is 1. The van der Waals surface area contributed by atoms with Crippen molar-refractivity contribution in [3.63, 3.8) is 0 Å². The molecule has 1 aromatic rings. The fraction of sp³-hybridized carbons (Fsp3) is 0.733. The number of rotatable bonds is 4. The zero-order valence-electron chi connectivity index (χ0n) is 12.4. The Bertz CT molecular complexity index is 451. The van der Waals surface area contributed by atoms with E-state index >= 15 is 0 Å². The Morgan fingerprint density at radius 2 is 2.30 bits per heavy atom. The number of piperidine rings is 1. The van der Waals surface area contributed by atoms with Gasteiger partial charge >= 0.3 is 0 Å². The minimum absolute atomic E-state index is 0.605. The van der Waals surface area contributed by atoms with Crippen LogP contribution in [-0.2, 0) is 0 Å². The van der Waals surface area contributed by atoms with Crippen LogP contribution in [0.25, 0.3) is 0 Å². The molecule has 0 bridgehead atoms. The summed E-state index contributed by atoms with van der Waals surface area (Å²) in [5.74, 6) is 2.28. The third-order valence-corrected chi connectivity index (χ3v) is 4.16. The Labute approximate surface area is 120 Å². The molecule has 5 heteroatoms. The van der Waals surface area contributed by atoms with Crippen molar-refractivity contribution < 1.29 is 4.74 Å². The summed E-state index contributed by atoms with van der Waals surface area (Å²) in [7, 11) is 0. The smallest absolute Gasteiger partial charge is 0.228 e. The zero-order chi connectivity index (χ0) is 13.9. The fourth-order valence-corrected chi connectivity index (χ4v) is 3.16. The van der Waals surface area contributed by atoms with E-state index in [9.17, 15) is 0 Å². The Kier molecular flexibility index (Phi) is 4.05. The van der Waals surface area contributed by atoms with E-state index in [-0.39, 0.29) is 0 Å². The zero-order valence-corrected chi connectivity index (χ0v) is 12.4. The van der Waals surface area contributed by atoms with Crippen LogP contribution in [0.1, 0.15) is 31.9 Å². The lowest BCUT2D eigenvalue weighted by Gasteiger charge is -2.24. The molecule has 0 aliphatic carbocycles. The number of hydrogen-bond acceptors (Lipinski definition) is 5. The molecule has 3 heterocycles. The first kappa shape index (κ1) is 13.6. The van der Waals surface area contributed by atoms with Crippen LogP contribution in [0.2, 0.25) is 0 Å². The molecule has 2 fully saturated rings. The molecule has 0 spiro atoms. The van der Waals surface area contributed by atoms with Crippen LogP contribution in [0.15, 0.2) is 6.07 Å². The standard InChI is InChI=1S/C15H24N4O/c1-3-7-20-14-8-11(2)17-15(18-14)19-9-12-5-4-6-16-13(12)10-19/h8,12-13,16H,3-7,9-10H2,1-2H3/t12-,13+/m0/s1. The van der Waals surface area contributed by atoms with Gasteiger partial charge in [0.25, 0.3) is 0 Å². The fourth-order valence-electron chi connectivity index (χ4n) is 3.16. The minimum Gasteiger partial charge on any atom is -0.478 e. The molecule has 3 rings (SSSR count). The Hall–Kier alpha value is -1.36. The molecule has 0 radical (unpaired) electrons. The normalized spacial score (nSPS) is 25.6. The third-order valence-electron chi connectivity index (χ3n) is 4.16. The van der Waals surface area contributed by atoms with Gasteiger partial charge in [0.2, 0.25) is 11.8 Å². The molecule has 1 N–H and O–H groups in total. The van der Waals surface area contributed by atoms with Gasteiger partial charge in [-0.25, -0.2) is 4.98 Å². The summed E-state index contributed by atoms with van der Waals surface area (Å²) in [6.07, 6.45) is 3.60. The molecule has 2 saturated heterocycles. The monoisotopic (exact) mass is 276 g/mol. The van der Waals surface area contributed by atoms with E-state index in [2.05, 4.69) is 27.1 Å². The summed E-state index contributed by atoms with van der Waals surface area (Å²) >= 11 is 0. The van der Waals surface area contributed by atoms with Crippen LogP contribution in [-0.4, -0.2) is 42.3 Å². The van der Waals surface area contributed by atoms with Crippen molar-refractivity contribution in [2.45, 2.75) is 39.2 Å². The van der Waals surface area contributed by atoms with Gasteiger partial charge in [-0.15, -0.1) is 0 Å². The Balaban J connectivity index is 1.74. The molecule has 110 valence electrons. The Morgan fingerprint density at radius 3 is 3.10 bits per heavy atom. The molecule has 0 unspecified atom stereocenters. The first-order valence-electron chi connectivity index (χ1n) is 7.73. The van der Waals surface area contributed by atoms with Crippen LogP contribution < -0.4 is 15.0 Å². The van der Waals surface area contributed by atoms with Crippen LogP contribution >= 0.6 is 0 Å². The van der Waals surface area contributed by atoms with Crippen LogP contribution in [0, 0.1) is 12.8 Å².